The lowest BCUT2D eigenvalue weighted by Crippen LogP contribution is -2.34. The van der Waals surface area contributed by atoms with E-state index >= 15 is 0 Å². The van der Waals surface area contributed by atoms with Gasteiger partial charge in [0.05, 0.1) is 6.54 Å². The van der Waals surface area contributed by atoms with E-state index in [9.17, 15) is 4.79 Å². The maximum Gasteiger partial charge on any atom is 0.236 e. The van der Waals surface area contributed by atoms with Crippen LogP contribution in [0.5, 0.6) is 0 Å². The smallest absolute Gasteiger partial charge is 0.236 e. The van der Waals surface area contributed by atoms with Crippen LogP contribution >= 0.6 is 0 Å². The van der Waals surface area contributed by atoms with Crippen LogP contribution in [-0.4, -0.2) is 43.4 Å². The second-order valence-corrected chi connectivity index (χ2v) is 4.16. The number of nitrogens with zero attached hydrogens (tertiary/aromatic N) is 2. The van der Waals surface area contributed by atoms with Gasteiger partial charge in [0.1, 0.15) is 0 Å². The second kappa shape index (κ2) is 5.51. The van der Waals surface area contributed by atoms with Crippen molar-refractivity contribution < 1.29 is 4.79 Å². The minimum atomic E-state index is 0.0944. The van der Waals surface area contributed by atoms with Crippen molar-refractivity contribution >= 4 is 11.6 Å². The van der Waals surface area contributed by atoms with Gasteiger partial charge in [0, 0.05) is 26.3 Å². The van der Waals surface area contributed by atoms with Crippen LogP contribution in [0.3, 0.4) is 0 Å². The Morgan fingerprint density at radius 2 is 1.88 bits per heavy atom. The number of nitrogen functional groups attached to an aromatic ring is 1. The molecule has 0 aliphatic heterocycles. The molecule has 1 aromatic rings. The summed E-state index contributed by atoms with van der Waals surface area (Å²) in [5.41, 5.74) is 7.66. The van der Waals surface area contributed by atoms with Gasteiger partial charge in [-0.25, -0.2) is 0 Å². The van der Waals surface area contributed by atoms with Crippen LogP contribution in [0.4, 0.5) is 5.69 Å². The highest BCUT2D eigenvalue weighted by molar-refractivity contribution is 5.77. The molecule has 88 valence electrons. The number of carbonyl (C=O) groups is 1. The molecule has 0 saturated carbocycles. The van der Waals surface area contributed by atoms with Crippen molar-refractivity contribution in [2.24, 2.45) is 0 Å². The fraction of sp³-hybridized carbons (Fsp3) is 0.417. The van der Waals surface area contributed by atoms with Gasteiger partial charge in [-0.1, -0.05) is 18.2 Å². The van der Waals surface area contributed by atoms with Crippen molar-refractivity contribution in [2.75, 3.05) is 33.4 Å². The summed E-state index contributed by atoms with van der Waals surface area (Å²) in [6.45, 7) is 1.09. The number of hydrogen-bond acceptors (Lipinski definition) is 3. The molecule has 0 bridgehead atoms. The number of hydrogen-bond donors (Lipinski definition) is 1. The Morgan fingerprint density at radius 1 is 1.25 bits per heavy atom. The lowest BCUT2D eigenvalue weighted by atomic mass is 10.2. The van der Waals surface area contributed by atoms with E-state index in [-0.39, 0.29) is 5.91 Å². The van der Waals surface area contributed by atoms with Crippen molar-refractivity contribution in [3.8, 4) is 0 Å². The Morgan fingerprint density at radius 3 is 2.44 bits per heavy atom. The Kier molecular flexibility index (Phi) is 4.31. The van der Waals surface area contributed by atoms with Crippen LogP contribution in [-0.2, 0) is 11.3 Å². The molecule has 1 aromatic carbocycles. The summed E-state index contributed by atoms with van der Waals surface area (Å²) in [7, 11) is 5.42. The lowest BCUT2D eigenvalue weighted by Gasteiger charge is -2.19. The topological polar surface area (TPSA) is 49.6 Å². The number of amides is 1. The van der Waals surface area contributed by atoms with Crippen molar-refractivity contribution in [1.29, 1.82) is 0 Å². The summed E-state index contributed by atoms with van der Waals surface area (Å²) in [6.07, 6.45) is 0. The molecule has 0 radical (unpaired) electrons. The molecule has 4 nitrogen and oxygen atoms in total. The third-order valence-electron chi connectivity index (χ3n) is 2.40. The van der Waals surface area contributed by atoms with E-state index in [0.717, 1.165) is 11.3 Å². The van der Waals surface area contributed by atoms with E-state index in [0.29, 0.717) is 13.1 Å². The van der Waals surface area contributed by atoms with Gasteiger partial charge in [0.15, 0.2) is 0 Å². The number of para-hydroxylation sites is 1. The van der Waals surface area contributed by atoms with Gasteiger partial charge in [0.25, 0.3) is 0 Å². The predicted octanol–water partition coefficient (Wildman–Crippen LogP) is 0.789. The zero-order chi connectivity index (χ0) is 12.1. The third kappa shape index (κ3) is 3.55. The van der Waals surface area contributed by atoms with Crippen molar-refractivity contribution in [1.82, 2.24) is 9.80 Å². The largest absolute Gasteiger partial charge is 0.398 e. The zero-order valence-electron chi connectivity index (χ0n) is 10.1. The molecular weight excluding hydrogens is 202 g/mol. The van der Waals surface area contributed by atoms with E-state index in [4.69, 9.17) is 5.73 Å². The summed E-state index contributed by atoms with van der Waals surface area (Å²) in [5.74, 6) is 0.0944. The highest BCUT2D eigenvalue weighted by atomic mass is 16.2. The first-order valence-corrected chi connectivity index (χ1v) is 5.22. The maximum absolute atomic E-state index is 11.5. The van der Waals surface area contributed by atoms with Crippen molar-refractivity contribution in [2.45, 2.75) is 6.54 Å². The van der Waals surface area contributed by atoms with Gasteiger partial charge in [-0.05, 0) is 18.7 Å². The van der Waals surface area contributed by atoms with Crippen LogP contribution in [0, 0.1) is 0 Å². The van der Waals surface area contributed by atoms with Crippen LogP contribution in [0.1, 0.15) is 5.56 Å². The standard InChI is InChI=1S/C12H19N3O/c1-14(2)12(16)9-15(3)8-10-6-4-5-7-11(10)13/h4-7H,8-9,13H2,1-3H3. The first-order valence-electron chi connectivity index (χ1n) is 5.22. The van der Waals surface area contributed by atoms with Gasteiger partial charge in [-0.3, -0.25) is 9.69 Å². The minimum Gasteiger partial charge on any atom is -0.398 e. The Hall–Kier alpha value is -1.55. The summed E-state index contributed by atoms with van der Waals surface area (Å²) in [5, 5.41) is 0. The highest BCUT2D eigenvalue weighted by Crippen LogP contribution is 2.12. The molecule has 1 amide bonds. The molecule has 2 N–H and O–H groups in total. The summed E-state index contributed by atoms with van der Waals surface area (Å²) in [4.78, 5) is 15.0. The number of likely N-dealkylation sites (N-methyl/N-ethyl adjacent to an activating group) is 2. The molecule has 16 heavy (non-hydrogen) atoms. The zero-order valence-corrected chi connectivity index (χ0v) is 10.1. The average Bonchev–Trinajstić information content (AvgIpc) is 2.21. The molecule has 0 spiro atoms. The Balaban J connectivity index is 2.55. The van der Waals surface area contributed by atoms with E-state index in [1.54, 1.807) is 19.0 Å². The van der Waals surface area contributed by atoms with Gasteiger partial charge >= 0.3 is 0 Å². The minimum absolute atomic E-state index is 0.0944. The number of nitrogens with two attached hydrogens (primary N) is 1. The normalized spacial score (nSPS) is 10.5. The van der Waals surface area contributed by atoms with Crippen LogP contribution < -0.4 is 5.73 Å². The van der Waals surface area contributed by atoms with Crippen molar-refractivity contribution in [3.63, 3.8) is 0 Å². The Labute approximate surface area is 96.6 Å². The van der Waals surface area contributed by atoms with Gasteiger partial charge in [-0.15, -0.1) is 0 Å². The molecule has 0 aromatic heterocycles. The fourth-order valence-corrected chi connectivity index (χ4v) is 1.40. The van der Waals surface area contributed by atoms with Gasteiger partial charge in [0.2, 0.25) is 5.91 Å². The average molecular weight is 221 g/mol. The van der Waals surface area contributed by atoms with E-state index in [1.165, 1.54) is 0 Å². The molecular formula is C12H19N3O. The molecule has 0 atom stereocenters. The summed E-state index contributed by atoms with van der Waals surface area (Å²) < 4.78 is 0. The summed E-state index contributed by atoms with van der Waals surface area (Å²) in [6, 6.07) is 7.71. The molecule has 0 aliphatic rings. The first-order chi connectivity index (χ1) is 7.50. The molecule has 0 saturated heterocycles. The van der Waals surface area contributed by atoms with E-state index < -0.39 is 0 Å². The second-order valence-electron chi connectivity index (χ2n) is 4.16. The number of benzene rings is 1. The molecule has 0 aliphatic carbocycles. The fourth-order valence-electron chi connectivity index (χ4n) is 1.40. The van der Waals surface area contributed by atoms with E-state index in [2.05, 4.69) is 0 Å². The lowest BCUT2D eigenvalue weighted by molar-refractivity contribution is -0.129. The number of rotatable bonds is 4. The molecule has 1 rings (SSSR count). The third-order valence-corrected chi connectivity index (χ3v) is 2.40. The maximum atomic E-state index is 11.5. The van der Waals surface area contributed by atoms with Crippen molar-refractivity contribution in [3.05, 3.63) is 29.8 Å². The molecule has 0 fully saturated rings. The highest BCUT2D eigenvalue weighted by Gasteiger charge is 2.09. The molecule has 0 heterocycles. The number of carbonyl (C=O) groups excluding carboxylic acids is 1. The van der Waals surface area contributed by atoms with Gasteiger partial charge < -0.3 is 10.6 Å². The first kappa shape index (κ1) is 12.5. The monoisotopic (exact) mass is 221 g/mol. The van der Waals surface area contributed by atoms with Crippen LogP contribution in [0.25, 0.3) is 0 Å². The quantitative estimate of drug-likeness (QED) is 0.765. The Bertz CT molecular complexity index is 363. The van der Waals surface area contributed by atoms with Crippen LogP contribution in [0.15, 0.2) is 24.3 Å². The van der Waals surface area contributed by atoms with Crippen LogP contribution in [0.2, 0.25) is 0 Å². The SMILES string of the molecule is CN(CC(=O)N(C)C)Cc1ccccc1N. The molecule has 4 heteroatoms. The van der Waals surface area contributed by atoms with E-state index in [1.807, 2.05) is 36.2 Å². The predicted molar refractivity (Wildman–Crippen MR) is 65.9 cm³/mol. The summed E-state index contributed by atoms with van der Waals surface area (Å²) >= 11 is 0. The number of anilines is 1. The molecule has 0 unspecified atom stereocenters. The van der Waals surface area contributed by atoms with Gasteiger partial charge in [-0.2, -0.15) is 0 Å².